The van der Waals surface area contributed by atoms with Gasteiger partial charge in [-0.15, -0.1) is 0 Å². The normalized spacial score (nSPS) is 35.9. The first-order valence-electron chi connectivity index (χ1n) is 4.58. The molecule has 0 aromatic rings. The maximum atomic E-state index is 13.3. The third-order valence-corrected chi connectivity index (χ3v) is 2.87. The van der Waals surface area contributed by atoms with Gasteiger partial charge in [0, 0.05) is 12.6 Å². The summed E-state index contributed by atoms with van der Waals surface area (Å²) in [6, 6.07) is -1.18. The van der Waals surface area contributed by atoms with Gasteiger partial charge in [0.1, 0.15) is 0 Å². The smallest absolute Gasteiger partial charge is 0.317 e. The highest BCUT2D eigenvalue weighted by Crippen LogP contribution is 2.35. The molecule has 4 nitrogen and oxygen atoms in total. The number of alkyl halides is 2. The Morgan fingerprint density at radius 3 is 3.00 bits per heavy atom. The van der Waals surface area contributed by atoms with Crippen molar-refractivity contribution in [1.82, 2.24) is 10.2 Å². The van der Waals surface area contributed by atoms with E-state index < -0.39 is 17.9 Å². The highest BCUT2D eigenvalue weighted by molar-refractivity contribution is 5.69. The lowest BCUT2D eigenvalue weighted by Gasteiger charge is -2.26. The summed E-state index contributed by atoms with van der Waals surface area (Å²) >= 11 is 0. The van der Waals surface area contributed by atoms with E-state index in [-0.39, 0.29) is 19.1 Å². The number of likely N-dealkylation sites (tertiary alicyclic amines) is 1. The first-order chi connectivity index (χ1) is 6.50. The molecule has 2 saturated heterocycles. The monoisotopic (exact) mass is 206 g/mol. The molecule has 2 aliphatic heterocycles. The Labute approximate surface area is 79.9 Å². The molecule has 2 atom stereocenters. The van der Waals surface area contributed by atoms with E-state index in [1.54, 1.807) is 0 Å². The average molecular weight is 206 g/mol. The molecule has 0 aliphatic carbocycles. The SMILES string of the molecule is O=C(O)CN1CC[C@@H]2NCC(F)(F)[C@@H]21. The van der Waals surface area contributed by atoms with Crippen molar-refractivity contribution in [1.29, 1.82) is 0 Å². The third kappa shape index (κ3) is 1.48. The molecule has 0 aromatic heterocycles. The van der Waals surface area contributed by atoms with Gasteiger partial charge in [-0.1, -0.05) is 0 Å². The number of hydrogen-bond acceptors (Lipinski definition) is 3. The largest absolute Gasteiger partial charge is 0.480 e. The predicted octanol–water partition coefficient (Wildman–Crippen LogP) is -0.248. The Morgan fingerprint density at radius 1 is 1.64 bits per heavy atom. The van der Waals surface area contributed by atoms with Crippen molar-refractivity contribution in [2.75, 3.05) is 19.6 Å². The Morgan fingerprint density at radius 2 is 2.36 bits per heavy atom. The van der Waals surface area contributed by atoms with Crippen molar-refractivity contribution in [2.45, 2.75) is 24.4 Å². The number of fused-ring (bicyclic) bond motifs is 1. The van der Waals surface area contributed by atoms with Crippen molar-refractivity contribution in [2.24, 2.45) is 0 Å². The molecule has 0 spiro atoms. The maximum absolute atomic E-state index is 13.3. The molecule has 0 aromatic carbocycles. The van der Waals surface area contributed by atoms with E-state index in [0.29, 0.717) is 13.0 Å². The van der Waals surface area contributed by atoms with Crippen LogP contribution in [0.3, 0.4) is 0 Å². The van der Waals surface area contributed by atoms with Crippen molar-refractivity contribution < 1.29 is 18.7 Å². The number of nitrogens with zero attached hydrogens (tertiary/aromatic N) is 1. The molecule has 0 amide bonds. The first kappa shape index (κ1) is 9.79. The van der Waals surface area contributed by atoms with Crippen molar-refractivity contribution in [3.63, 3.8) is 0 Å². The number of nitrogens with one attached hydrogen (secondary N) is 1. The summed E-state index contributed by atoms with van der Waals surface area (Å²) in [5.74, 6) is -3.84. The van der Waals surface area contributed by atoms with Crippen LogP contribution in [-0.2, 0) is 4.79 Å². The Bertz CT molecular complexity index is 260. The second-order valence-corrected chi connectivity index (χ2v) is 3.85. The third-order valence-electron chi connectivity index (χ3n) is 2.87. The molecule has 0 radical (unpaired) electrons. The highest BCUT2D eigenvalue weighted by Gasteiger charge is 2.55. The van der Waals surface area contributed by atoms with Crippen LogP contribution in [-0.4, -0.2) is 53.6 Å². The summed E-state index contributed by atoms with van der Waals surface area (Å²) in [5, 5.41) is 11.3. The maximum Gasteiger partial charge on any atom is 0.317 e. The number of hydrogen-bond donors (Lipinski definition) is 2. The summed E-state index contributed by atoms with van der Waals surface area (Å²) in [5.41, 5.74) is 0. The molecular weight excluding hydrogens is 194 g/mol. The van der Waals surface area contributed by atoms with Crippen LogP contribution in [0.1, 0.15) is 6.42 Å². The summed E-state index contributed by atoms with van der Waals surface area (Å²) in [6.07, 6.45) is 0.605. The van der Waals surface area contributed by atoms with E-state index in [0.717, 1.165) is 0 Å². The van der Waals surface area contributed by atoms with Crippen LogP contribution in [0.15, 0.2) is 0 Å². The Kier molecular flexibility index (Phi) is 2.19. The minimum absolute atomic E-state index is 0.246. The van der Waals surface area contributed by atoms with Crippen LogP contribution in [0, 0.1) is 0 Å². The summed E-state index contributed by atoms with van der Waals surface area (Å²) in [6.45, 7) is -0.193. The number of carbonyl (C=O) groups is 1. The predicted molar refractivity (Wildman–Crippen MR) is 44.4 cm³/mol. The van der Waals surface area contributed by atoms with Crippen molar-refractivity contribution in [3.8, 4) is 0 Å². The fourth-order valence-electron chi connectivity index (χ4n) is 2.35. The molecule has 2 N–H and O–H groups in total. The van der Waals surface area contributed by atoms with E-state index in [2.05, 4.69) is 5.32 Å². The van der Waals surface area contributed by atoms with Gasteiger partial charge in [0.05, 0.1) is 19.1 Å². The molecule has 0 saturated carbocycles. The van der Waals surface area contributed by atoms with Gasteiger partial charge < -0.3 is 10.4 Å². The minimum Gasteiger partial charge on any atom is -0.480 e. The summed E-state index contributed by atoms with van der Waals surface area (Å²) in [7, 11) is 0. The van der Waals surface area contributed by atoms with Gasteiger partial charge in [-0.05, 0) is 6.42 Å². The van der Waals surface area contributed by atoms with E-state index in [1.165, 1.54) is 4.90 Å². The lowest BCUT2D eigenvalue weighted by molar-refractivity contribution is -0.140. The van der Waals surface area contributed by atoms with E-state index >= 15 is 0 Å². The molecule has 2 heterocycles. The van der Waals surface area contributed by atoms with Gasteiger partial charge in [-0.3, -0.25) is 9.69 Å². The molecule has 2 rings (SSSR count). The Hall–Kier alpha value is -0.750. The van der Waals surface area contributed by atoms with Crippen LogP contribution in [0.2, 0.25) is 0 Å². The molecule has 80 valence electrons. The van der Waals surface area contributed by atoms with Gasteiger partial charge in [-0.2, -0.15) is 0 Å². The number of carboxylic acid groups (broad SMARTS) is 1. The van der Waals surface area contributed by atoms with E-state index in [4.69, 9.17) is 5.11 Å². The number of halogens is 2. The van der Waals surface area contributed by atoms with Crippen LogP contribution in [0.4, 0.5) is 8.78 Å². The topological polar surface area (TPSA) is 52.6 Å². The van der Waals surface area contributed by atoms with Crippen LogP contribution >= 0.6 is 0 Å². The summed E-state index contributed by atoms with van der Waals surface area (Å²) < 4.78 is 26.6. The zero-order chi connectivity index (χ0) is 10.3. The fourth-order valence-corrected chi connectivity index (χ4v) is 2.35. The lowest BCUT2D eigenvalue weighted by Crippen LogP contribution is -2.47. The molecular formula is C8H12F2N2O2. The van der Waals surface area contributed by atoms with Crippen LogP contribution in [0.5, 0.6) is 0 Å². The second kappa shape index (κ2) is 3.13. The van der Waals surface area contributed by atoms with Gasteiger partial charge in [0.15, 0.2) is 0 Å². The number of rotatable bonds is 2. The number of aliphatic carboxylic acids is 1. The number of carboxylic acids is 1. The van der Waals surface area contributed by atoms with E-state index in [9.17, 15) is 13.6 Å². The Balaban J connectivity index is 2.10. The van der Waals surface area contributed by atoms with Crippen LogP contribution in [0.25, 0.3) is 0 Å². The fraction of sp³-hybridized carbons (Fsp3) is 0.875. The van der Waals surface area contributed by atoms with Gasteiger partial charge in [0.25, 0.3) is 5.92 Å². The zero-order valence-corrected chi connectivity index (χ0v) is 7.54. The van der Waals surface area contributed by atoms with Gasteiger partial charge >= 0.3 is 5.97 Å². The summed E-state index contributed by atoms with van der Waals surface area (Å²) in [4.78, 5) is 11.8. The standard InChI is InChI=1S/C8H12F2N2O2/c9-8(10)4-11-5-1-2-12(7(5)8)3-6(13)14/h5,7,11H,1-4H2,(H,13,14)/t5-,7+/m0/s1. The zero-order valence-electron chi connectivity index (χ0n) is 7.54. The van der Waals surface area contributed by atoms with Crippen molar-refractivity contribution in [3.05, 3.63) is 0 Å². The lowest BCUT2D eigenvalue weighted by atomic mass is 10.1. The minimum atomic E-state index is -2.80. The average Bonchev–Trinajstić information content (AvgIpc) is 2.55. The van der Waals surface area contributed by atoms with Crippen LogP contribution < -0.4 is 5.32 Å². The molecule has 6 heteroatoms. The van der Waals surface area contributed by atoms with Gasteiger partial charge in [0.2, 0.25) is 0 Å². The quantitative estimate of drug-likeness (QED) is 0.654. The first-order valence-corrected chi connectivity index (χ1v) is 4.58. The van der Waals surface area contributed by atoms with E-state index in [1.807, 2.05) is 0 Å². The molecule has 0 unspecified atom stereocenters. The molecule has 0 bridgehead atoms. The molecule has 2 fully saturated rings. The molecule has 2 aliphatic rings. The van der Waals surface area contributed by atoms with Crippen molar-refractivity contribution >= 4 is 5.97 Å². The second-order valence-electron chi connectivity index (χ2n) is 3.85. The molecule has 14 heavy (non-hydrogen) atoms. The van der Waals surface area contributed by atoms with Gasteiger partial charge in [-0.25, -0.2) is 8.78 Å². The highest BCUT2D eigenvalue weighted by atomic mass is 19.3.